The van der Waals surface area contributed by atoms with E-state index in [2.05, 4.69) is 5.10 Å². The first-order chi connectivity index (χ1) is 10.2. The molecule has 0 fully saturated rings. The Balaban J connectivity index is 2.48. The monoisotopic (exact) mass is 330 g/mol. The molecule has 0 radical (unpaired) electrons. The summed E-state index contributed by atoms with van der Waals surface area (Å²) in [6, 6.07) is 6.20. The van der Waals surface area contributed by atoms with Gasteiger partial charge < -0.3 is 0 Å². The second-order valence-corrected chi connectivity index (χ2v) is 6.61. The van der Waals surface area contributed by atoms with Crippen LogP contribution < -0.4 is 0 Å². The molecule has 22 heavy (non-hydrogen) atoms. The standard InChI is InChI=1S/C15H17F3N2OS/c1-4-7-22(21)13-8-11(6-5-10(13)2)12-9-14(15(16,17)18)19-20(12)3/h5-6,8-9H,4,7H2,1-3H3. The van der Waals surface area contributed by atoms with E-state index in [0.29, 0.717) is 21.9 Å². The van der Waals surface area contributed by atoms with Crippen LogP contribution in [0.15, 0.2) is 29.2 Å². The Hall–Kier alpha value is -1.63. The number of aromatic nitrogens is 2. The molecule has 7 heteroatoms. The Morgan fingerprint density at radius 1 is 1.27 bits per heavy atom. The van der Waals surface area contributed by atoms with Gasteiger partial charge >= 0.3 is 6.18 Å². The number of aryl methyl sites for hydroxylation is 2. The third kappa shape index (κ3) is 3.40. The molecule has 0 aliphatic rings. The van der Waals surface area contributed by atoms with Crippen LogP contribution in [0.4, 0.5) is 13.2 Å². The average Bonchev–Trinajstić information content (AvgIpc) is 2.82. The van der Waals surface area contributed by atoms with Gasteiger partial charge in [0.1, 0.15) is 0 Å². The summed E-state index contributed by atoms with van der Waals surface area (Å²) in [5, 5.41) is 3.51. The highest BCUT2D eigenvalue weighted by atomic mass is 32.2. The number of halogens is 3. The van der Waals surface area contributed by atoms with Gasteiger partial charge in [-0.25, -0.2) is 0 Å². The highest BCUT2D eigenvalue weighted by molar-refractivity contribution is 7.85. The predicted octanol–water partition coefficient (Wildman–Crippen LogP) is 3.93. The lowest BCUT2D eigenvalue weighted by Crippen LogP contribution is -2.06. The molecule has 120 valence electrons. The van der Waals surface area contributed by atoms with Crippen LogP contribution in [0, 0.1) is 6.92 Å². The molecule has 0 aliphatic carbocycles. The van der Waals surface area contributed by atoms with E-state index in [9.17, 15) is 17.4 Å². The van der Waals surface area contributed by atoms with Crippen LogP contribution in [-0.2, 0) is 24.0 Å². The zero-order valence-corrected chi connectivity index (χ0v) is 13.4. The van der Waals surface area contributed by atoms with Gasteiger partial charge in [0, 0.05) is 23.3 Å². The van der Waals surface area contributed by atoms with Gasteiger partial charge in [0.25, 0.3) is 0 Å². The molecule has 2 rings (SSSR count). The van der Waals surface area contributed by atoms with Crippen molar-refractivity contribution in [3.63, 3.8) is 0 Å². The van der Waals surface area contributed by atoms with Crippen LogP contribution in [-0.4, -0.2) is 19.7 Å². The maximum atomic E-state index is 12.7. The fourth-order valence-corrected chi connectivity index (χ4v) is 3.45. The molecular weight excluding hydrogens is 313 g/mol. The molecule has 0 saturated heterocycles. The van der Waals surface area contributed by atoms with Gasteiger partial charge in [-0.3, -0.25) is 8.89 Å². The van der Waals surface area contributed by atoms with Gasteiger partial charge in [-0.1, -0.05) is 19.1 Å². The van der Waals surface area contributed by atoms with Gasteiger partial charge in [-0.05, 0) is 31.0 Å². The van der Waals surface area contributed by atoms with E-state index in [1.165, 1.54) is 11.7 Å². The maximum Gasteiger partial charge on any atom is 0.435 e. The van der Waals surface area contributed by atoms with Gasteiger partial charge in [-0.15, -0.1) is 0 Å². The van der Waals surface area contributed by atoms with Gasteiger partial charge in [0.15, 0.2) is 5.69 Å². The molecule has 3 nitrogen and oxygen atoms in total. The van der Waals surface area contributed by atoms with Crippen LogP contribution >= 0.6 is 0 Å². The number of hydrogen-bond donors (Lipinski definition) is 0. The minimum atomic E-state index is -4.48. The van der Waals surface area contributed by atoms with Gasteiger partial charge in [-0.2, -0.15) is 18.3 Å². The van der Waals surface area contributed by atoms with Crippen molar-refractivity contribution in [1.82, 2.24) is 9.78 Å². The SMILES string of the molecule is CCCS(=O)c1cc(-c2cc(C(F)(F)F)nn2C)ccc1C. The molecule has 0 saturated carbocycles. The second kappa shape index (κ2) is 6.24. The van der Waals surface area contributed by atoms with Crippen molar-refractivity contribution in [1.29, 1.82) is 0 Å². The topological polar surface area (TPSA) is 34.9 Å². The Morgan fingerprint density at radius 2 is 1.95 bits per heavy atom. The van der Waals surface area contributed by atoms with Crippen molar-refractivity contribution in [3.8, 4) is 11.3 Å². The zero-order chi connectivity index (χ0) is 16.5. The minimum Gasteiger partial charge on any atom is -0.267 e. The first kappa shape index (κ1) is 16.7. The third-order valence-corrected chi connectivity index (χ3v) is 5.00. The summed E-state index contributed by atoms with van der Waals surface area (Å²) >= 11 is 0. The predicted molar refractivity (Wildman–Crippen MR) is 79.9 cm³/mol. The molecule has 0 aliphatic heterocycles. The number of hydrogen-bond acceptors (Lipinski definition) is 2. The lowest BCUT2D eigenvalue weighted by molar-refractivity contribution is -0.141. The molecule has 1 heterocycles. The quantitative estimate of drug-likeness (QED) is 0.851. The Labute approximate surface area is 129 Å². The Morgan fingerprint density at radius 3 is 2.50 bits per heavy atom. The summed E-state index contributed by atoms with van der Waals surface area (Å²) in [5.41, 5.74) is 0.869. The highest BCUT2D eigenvalue weighted by Crippen LogP contribution is 2.32. The third-order valence-electron chi connectivity index (χ3n) is 3.29. The number of benzene rings is 1. The van der Waals surface area contributed by atoms with Crippen molar-refractivity contribution >= 4 is 10.8 Å². The molecule has 1 aromatic heterocycles. The highest BCUT2D eigenvalue weighted by Gasteiger charge is 2.34. The zero-order valence-electron chi connectivity index (χ0n) is 12.6. The Kier molecular flexibility index (Phi) is 4.75. The summed E-state index contributed by atoms with van der Waals surface area (Å²) < 4.78 is 51.6. The second-order valence-electron chi connectivity index (χ2n) is 5.07. The van der Waals surface area contributed by atoms with Crippen molar-refractivity contribution < 1.29 is 17.4 Å². The smallest absolute Gasteiger partial charge is 0.267 e. The normalized spacial score (nSPS) is 13.4. The van der Waals surface area contributed by atoms with E-state index in [1.807, 2.05) is 13.8 Å². The summed E-state index contributed by atoms with van der Waals surface area (Å²) in [6.07, 6.45) is -3.70. The molecule has 0 spiro atoms. The van der Waals surface area contributed by atoms with E-state index < -0.39 is 22.7 Å². The van der Waals surface area contributed by atoms with E-state index in [0.717, 1.165) is 18.1 Å². The maximum absolute atomic E-state index is 12.7. The van der Waals surface area contributed by atoms with Crippen LogP contribution in [0.3, 0.4) is 0 Å². The number of alkyl halides is 3. The van der Waals surface area contributed by atoms with Crippen molar-refractivity contribution in [2.24, 2.45) is 7.05 Å². The molecule has 2 aromatic rings. The molecule has 0 N–H and O–H groups in total. The fourth-order valence-electron chi connectivity index (χ4n) is 2.18. The van der Waals surface area contributed by atoms with Crippen LogP contribution in [0.2, 0.25) is 0 Å². The van der Waals surface area contributed by atoms with E-state index in [4.69, 9.17) is 0 Å². The van der Waals surface area contributed by atoms with Crippen molar-refractivity contribution in [3.05, 3.63) is 35.5 Å². The molecular formula is C15H17F3N2OS. The number of nitrogens with zero attached hydrogens (tertiary/aromatic N) is 2. The van der Waals surface area contributed by atoms with Crippen LogP contribution in [0.1, 0.15) is 24.6 Å². The molecule has 0 amide bonds. The molecule has 0 bridgehead atoms. The summed E-state index contributed by atoms with van der Waals surface area (Å²) in [7, 11) is 0.318. The van der Waals surface area contributed by atoms with Crippen molar-refractivity contribution in [2.45, 2.75) is 31.3 Å². The van der Waals surface area contributed by atoms with E-state index >= 15 is 0 Å². The summed E-state index contributed by atoms with van der Waals surface area (Å²) in [5.74, 6) is 0.531. The van der Waals surface area contributed by atoms with E-state index in [1.54, 1.807) is 18.2 Å². The largest absolute Gasteiger partial charge is 0.435 e. The van der Waals surface area contributed by atoms with E-state index in [-0.39, 0.29) is 0 Å². The average molecular weight is 330 g/mol. The Bertz CT molecular complexity index is 707. The first-order valence-electron chi connectivity index (χ1n) is 6.84. The van der Waals surface area contributed by atoms with Crippen LogP contribution in [0.5, 0.6) is 0 Å². The van der Waals surface area contributed by atoms with Crippen molar-refractivity contribution in [2.75, 3.05) is 5.75 Å². The summed E-state index contributed by atoms with van der Waals surface area (Å²) in [6.45, 7) is 3.78. The van der Waals surface area contributed by atoms with Crippen LogP contribution in [0.25, 0.3) is 11.3 Å². The lowest BCUT2D eigenvalue weighted by Gasteiger charge is -2.08. The first-order valence-corrected chi connectivity index (χ1v) is 8.16. The molecule has 1 unspecified atom stereocenters. The molecule has 1 atom stereocenters. The van der Waals surface area contributed by atoms with Gasteiger partial charge in [0.2, 0.25) is 0 Å². The summed E-state index contributed by atoms with van der Waals surface area (Å²) in [4.78, 5) is 0.661. The minimum absolute atomic E-state index is 0.349. The van der Waals surface area contributed by atoms with Gasteiger partial charge in [0.05, 0.1) is 16.5 Å². The molecule has 1 aromatic carbocycles. The number of rotatable bonds is 4. The lowest BCUT2D eigenvalue weighted by atomic mass is 10.1. The fraction of sp³-hybridized carbons (Fsp3) is 0.400.